The second-order valence-electron chi connectivity index (χ2n) is 5.49. The largest absolute Gasteiger partial charge is 0.375 e. The number of hydrogen-bond donors (Lipinski definition) is 2. The molecule has 3 rings (SSSR count). The first-order valence-corrected chi connectivity index (χ1v) is 10.2. The molecule has 0 bridgehead atoms. The van der Waals surface area contributed by atoms with Gasteiger partial charge in [0, 0.05) is 21.6 Å². The van der Waals surface area contributed by atoms with Gasteiger partial charge >= 0.3 is 0 Å². The highest BCUT2D eigenvalue weighted by Gasteiger charge is 2.22. The van der Waals surface area contributed by atoms with Gasteiger partial charge in [-0.2, -0.15) is 5.10 Å². The number of nitrogens with zero attached hydrogens (tertiary/aromatic N) is 2. The molecule has 1 aromatic heterocycles. The maximum Gasteiger partial charge on any atom is 0.268 e. The lowest BCUT2D eigenvalue weighted by atomic mass is 10.1. The quantitative estimate of drug-likeness (QED) is 0.361. The topological polar surface area (TPSA) is 89.5 Å². The summed E-state index contributed by atoms with van der Waals surface area (Å²) in [6.07, 6.45) is 1.56. The Kier molecular flexibility index (Phi) is 5.12. The molecule has 0 saturated carbocycles. The third-order valence-electron chi connectivity index (χ3n) is 3.76. The molecule has 3 aromatic rings. The Bertz CT molecular complexity index is 1120. The molecule has 3 N–H and O–H groups in total. The van der Waals surface area contributed by atoms with Crippen LogP contribution in [0.2, 0.25) is 0 Å². The van der Waals surface area contributed by atoms with E-state index in [-0.39, 0.29) is 10.0 Å². The van der Waals surface area contributed by atoms with Crippen LogP contribution in [0.25, 0.3) is 10.9 Å². The summed E-state index contributed by atoms with van der Waals surface area (Å²) in [7, 11) is -3.75. The first kappa shape index (κ1) is 18.6. The van der Waals surface area contributed by atoms with Crippen LogP contribution >= 0.6 is 28.1 Å². The summed E-state index contributed by atoms with van der Waals surface area (Å²) < 4.78 is 28.3. The number of aromatic nitrogens is 1. The fourth-order valence-corrected chi connectivity index (χ4v) is 4.36. The second-order valence-corrected chi connectivity index (χ2v) is 8.66. The van der Waals surface area contributed by atoms with Crippen LogP contribution in [0, 0.1) is 0 Å². The van der Waals surface area contributed by atoms with Gasteiger partial charge in [-0.05, 0) is 49.5 Å². The fraction of sp³-hybridized carbons (Fsp3) is 0.0588. The Morgan fingerprint density at radius 1 is 1.23 bits per heavy atom. The van der Waals surface area contributed by atoms with E-state index in [4.69, 9.17) is 18.0 Å². The highest BCUT2D eigenvalue weighted by atomic mass is 79.9. The molecule has 0 aliphatic rings. The molecule has 0 fully saturated rings. The zero-order valence-corrected chi connectivity index (χ0v) is 16.9. The summed E-state index contributed by atoms with van der Waals surface area (Å²) in [5.41, 5.74) is 9.71. The normalized spacial score (nSPS) is 12.3. The SMILES string of the molecule is C/C(=N/NC(N)=S)c1cn(S(=O)(=O)c2ccccc2)c2ccc(Br)cc12. The van der Waals surface area contributed by atoms with Crippen molar-refractivity contribution in [3.8, 4) is 0 Å². The Morgan fingerprint density at radius 2 is 1.92 bits per heavy atom. The van der Waals surface area contributed by atoms with Crippen molar-refractivity contribution in [2.24, 2.45) is 10.8 Å². The molecule has 9 heteroatoms. The van der Waals surface area contributed by atoms with Gasteiger partial charge in [0.25, 0.3) is 10.0 Å². The van der Waals surface area contributed by atoms with Crippen LogP contribution in [-0.4, -0.2) is 23.2 Å². The summed E-state index contributed by atoms with van der Waals surface area (Å²) in [5.74, 6) is 0. The molecule has 0 radical (unpaired) electrons. The van der Waals surface area contributed by atoms with Gasteiger partial charge in [0.05, 0.1) is 16.1 Å². The zero-order valence-electron chi connectivity index (χ0n) is 13.7. The molecule has 26 heavy (non-hydrogen) atoms. The number of rotatable bonds is 4. The van der Waals surface area contributed by atoms with Crippen LogP contribution in [0.4, 0.5) is 0 Å². The molecule has 0 aliphatic carbocycles. The third kappa shape index (κ3) is 3.50. The van der Waals surface area contributed by atoms with E-state index in [1.807, 2.05) is 6.07 Å². The van der Waals surface area contributed by atoms with Gasteiger partial charge in [-0.25, -0.2) is 12.4 Å². The highest BCUT2D eigenvalue weighted by molar-refractivity contribution is 9.10. The predicted octanol–water partition coefficient (Wildman–Crippen LogP) is 3.20. The number of thiocarbonyl (C=S) groups is 1. The Labute approximate surface area is 164 Å². The van der Waals surface area contributed by atoms with E-state index >= 15 is 0 Å². The van der Waals surface area contributed by atoms with Gasteiger partial charge in [-0.15, -0.1) is 0 Å². The van der Waals surface area contributed by atoms with Gasteiger partial charge < -0.3 is 5.73 Å². The van der Waals surface area contributed by atoms with Gasteiger partial charge in [0.15, 0.2) is 5.11 Å². The monoisotopic (exact) mass is 450 g/mol. The number of hydrazone groups is 1. The van der Waals surface area contributed by atoms with Gasteiger partial charge in [0.2, 0.25) is 0 Å². The molecule has 134 valence electrons. The fourth-order valence-electron chi connectivity index (χ4n) is 2.56. The smallest absolute Gasteiger partial charge is 0.268 e. The van der Waals surface area contributed by atoms with Crippen molar-refractivity contribution in [2.75, 3.05) is 0 Å². The van der Waals surface area contributed by atoms with E-state index in [0.29, 0.717) is 16.8 Å². The Morgan fingerprint density at radius 3 is 2.58 bits per heavy atom. The van der Waals surface area contributed by atoms with Crippen LogP contribution in [0.3, 0.4) is 0 Å². The minimum absolute atomic E-state index is 0.0335. The summed E-state index contributed by atoms with van der Waals surface area (Å²) in [6.45, 7) is 1.75. The molecule has 2 aromatic carbocycles. The number of fused-ring (bicyclic) bond motifs is 1. The molecule has 0 saturated heterocycles. The Balaban J connectivity index is 2.25. The maximum atomic E-state index is 13.1. The van der Waals surface area contributed by atoms with E-state index in [0.717, 1.165) is 9.86 Å². The molecule has 0 atom stereocenters. The summed E-state index contributed by atoms with van der Waals surface area (Å²) in [6, 6.07) is 13.7. The van der Waals surface area contributed by atoms with E-state index in [9.17, 15) is 8.42 Å². The number of halogens is 1. The lowest BCUT2D eigenvalue weighted by molar-refractivity contribution is 0.589. The average molecular weight is 451 g/mol. The minimum atomic E-state index is -3.75. The minimum Gasteiger partial charge on any atom is -0.375 e. The first-order valence-electron chi connectivity index (χ1n) is 7.52. The number of hydrogen-bond acceptors (Lipinski definition) is 4. The van der Waals surface area contributed by atoms with Gasteiger partial charge in [0.1, 0.15) is 0 Å². The molecular weight excluding hydrogens is 436 g/mol. The molecule has 0 amide bonds. The first-order chi connectivity index (χ1) is 12.3. The van der Waals surface area contributed by atoms with Crippen molar-refractivity contribution >= 4 is 59.9 Å². The molecular formula is C17H15BrN4O2S2. The summed E-state index contributed by atoms with van der Waals surface area (Å²) in [5, 5.41) is 4.89. The van der Waals surface area contributed by atoms with Crippen LogP contribution in [0.15, 0.2) is 69.2 Å². The summed E-state index contributed by atoms with van der Waals surface area (Å²) in [4.78, 5) is 0.210. The van der Waals surface area contributed by atoms with Crippen LogP contribution in [0.5, 0.6) is 0 Å². The lowest BCUT2D eigenvalue weighted by Crippen LogP contribution is -2.25. The van der Waals surface area contributed by atoms with Gasteiger partial charge in [-0.3, -0.25) is 5.43 Å². The zero-order chi connectivity index (χ0) is 18.9. The van der Waals surface area contributed by atoms with E-state index in [1.54, 1.807) is 55.6 Å². The van der Waals surface area contributed by atoms with Crippen molar-refractivity contribution in [1.29, 1.82) is 0 Å². The lowest BCUT2D eigenvalue weighted by Gasteiger charge is -2.07. The number of nitrogens with two attached hydrogens (primary N) is 1. The van der Waals surface area contributed by atoms with Crippen molar-refractivity contribution in [3.05, 3.63) is 64.8 Å². The predicted molar refractivity (Wildman–Crippen MR) is 111 cm³/mol. The van der Waals surface area contributed by atoms with Crippen molar-refractivity contribution < 1.29 is 8.42 Å². The molecule has 0 aliphatic heterocycles. The Hall–Kier alpha value is -2.23. The van der Waals surface area contributed by atoms with E-state index in [1.165, 1.54) is 3.97 Å². The van der Waals surface area contributed by atoms with Crippen LogP contribution in [0.1, 0.15) is 12.5 Å². The van der Waals surface area contributed by atoms with Crippen molar-refractivity contribution in [1.82, 2.24) is 9.40 Å². The molecule has 0 unspecified atom stereocenters. The van der Waals surface area contributed by atoms with E-state index < -0.39 is 10.0 Å². The second kappa shape index (κ2) is 7.18. The van der Waals surface area contributed by atoms with Crippen LogP contribution < -0.4 is 11.2 Å². The average Bonchev–Trinajstić information content (AvgIpc) is 3.00. The van der Waals surface area contributed by atoms with Gasteiger partial charge in [-0.1, -0.05) is 34.1 Å². The maximum absolute atomic E-state index is 13.1. The molecule has 1 heterocycles. The van der Waals surface area contributed by atoms with Crippen LogP contribution in [-0.2, 0) is 10.0 Å². The standard InChI is InChI=1S/C17H15BrN4O2S2/c1-11(20-21-17(19)25)15-10-22(16-8-7-12(18)9-14(15)16)26(23,24)13-5-3-2-4-6-13/h2-10H,1H3,(H3,19,21,25)/b20-11-. The number of benzene rings is 2. The highest BCUT2D eigenvalue weighted by Crippen LogP contribution is 2.29. The van der Waals surface area contributed by atoms with Crippen molar-refractivity contribution in [3.63, 3.8) is 0 Å². The number of nitrogens with one attached hydrogen (secondary N) is 1. The van der Waals surface area contributed by atoms with E-state index in [2.05, 4.69) is 26.5 Å². The third-order valence-corrected chi connectivity index (χ3v) is 6.03. The van der Waals surface area contributed by atoms with Crippen molar-refractivity contribution in [2.45, 2.75) is 11.8 Å². The summed E-state index contributed by atoms with van der Waals surface area (Å²) >= 11 is 8.19. The molecule has 6 nitrogen and oxygen atoms in total. The molecule has 0 spiro atoms.